The number of hydrogen-bond donors (Lipinski definition) is 2. The van der Waals surface area contributed by atoms with Crippen LogP contribution in [0.4, 0.5) is 0 Å². The molecule has 64 valence electrons. The maximum absolute atomic E-state index is 4.13. The molecule has 0 amide bonds. The fourth-order valence-electron chi connectivity index (χ4n) is 0.509. The van der Waals surface area contributed by atoms with E-state index in [4.69, 9.17) is 0 Å². The second-order valence-electron chi connectivity index (χ2n) is 1.73. The summed E-state index contributed by atoms with van der Waals surface area (Å²) in [4.78, 5) is 0. The van der Waals surface area contributed by atoms with Crippen LogP contribution in [0.15, 0.2) is 37.0 Å². The lowest BCUT2D eigenvalue weighted by Crippen LogP contribution is -1.90. The van der Waals surface area contributed by atoms with Gasteiger partial charge in [0.15, 0.2) is 0 Å². The molecular formula is C9H16S2. The molecule has 0 radical (unpaired) electrons. The van der Waals surface area contributed by atoms with Gasteiger partial charge in [-0.25, -0.2) is 0 Å². The average molecular weight is 188 g/mol. The van der Waals surface area contributed by atoms with Gasteiger partial charge in [0.05, 0.1) is 0 Å². The summed E-state index contributed by atoms with van der Waals surface area (Å²) in [5, 5.41) is 0. The summed E-state index contributed by atoms with van der Waals surface area (Å²) < 4.78 is 0. The summed E-state index contributed by atoms with van der Waals surface area (Å²) in [5.74, 6) is 1.48. The van der Waals surface area contributed by atoms with Crippen molar-refractivity contribution in [1.29, 1.82) is 0 Å². The SMILES string of the molecule is C=C.C=C(CS)/C(=C\C)CS. The van der Waals surface area contributed by atoms with Crippen LogP contribution in [0.1, 0.15) is 6.92 Å². The van der Waals surface area contributed by atoms with Gasteiger partial charge in [-0.3, -0.25) is 0 Å². The van der Waals surface area contributed by atoms with Gasteiger partial charge in [-0.15, -0.1) is 13.2 Å². The summed E-state index contributed by atoms with van der Waals surface area (Å²) in [7, 11) is 0. The smallest absolute Gasteiger partial charge is 0.0153 e. The molecule has 0 spiro atoms. The Balaban J connectivity index is 0. The molecule has 0 unspecified atom stereocenters. The fourth-order valence-corrected chi connectivity index (χ4v) is 1.12. The third-order valence-electron chi connectivity index (χ3n) is 1.16. The molecule has 11 heavy (non-hydrogen) atoms. The minimum absolute atomic E-state index is 0.722. The molecule has 0 aliphatic carbocycles. The van der Waals surface area contributed by atoms with Gasteiger partial charge in [0, 0.05) is 11.5 Å². The van der Waals surface area contributed by atoms with Crippen LogP contribution < -0.4 is 0 Å². The monoisotopic (exact) mass is 188 g/mol. The van der Waals surface area contributed by atoms with Crippen LogP contribution in [-0.4, -0.2) is 11.5 Å². The zero-order valence-electron chi connectivity index (χ0n) is 7.01. The summed E-state index contributed by atoms with van der Waals surface area (Å²) >= 11 is 8.21. The summed E-state index contributed by atoms with van der Waals surface area (Å²) in [6.45, 7) is 11.8. The Kier molecular flexibility index (Phi) is 12.2. The van der Waals surface area contributed by atoms with Crippen molar-refractivity contribution in [3.05, 3.63) is 37.0 Å². The molecular weight excluding hydrogens is 172 g/mol. The lowest BCUT2D eigenvalue weighted by atomic mass is 10.1. The van der Waals surface area contributed by atoms with Crippen LogP contribution in [0, 0.1) is 0 Å². The molecule has 0 rings (SSSR count). The lowest BCUT2D eigenvalue weighted by Gasteiger charge is -2.02. The highest BCUT2D eigenvalue weighted by molar-refractivity contribution is 7.80. The normalized spacial score (nSPS) is 9.91. The maximum atomic E-state index is 4.13. The third-order valence-corrected chi connectivity index (χ3v) is 1.89. The quantitative estimate of drug-likeness (QED) is 0.379. The van der Waals surface area contributed by atoms with E-state index in [0.29, 0.717) is 0 Å². The molecule has 0 atom stereocenters. The number of thiol groups is 2. The molecule has 0 saturated heterocycles. The Morgan fingerprint density at radius 2 is 1.73 bits per heavy atom. The Morgan fingerprint density at radius 3 is 1.82 bits per heavy atom. The van der Waals surface area contributed by atoms with Crippen molar-refractivity contribution in [2.45, 2.75) is 6.92 Å². The standard InChI is InChI=1S/C7H12S2.C2H4/c1-3-7(5-9)6(2)4-8;1-2/h3,8-9H,2,4-5H2,1H3;1-2H2/b7-3-;. The molecule has 0 aromatic rings. The lowest BCUT2D eigenvalue weighted by molar-refractivity contribution is 1.37. The summed E-state index contributed by atoms with van der Waals surface area (Å²) in [5.41, 5.74) is 2.25. The Hall–Kier alpha value is -0.0800. The third kappa shape index (κ3) is 6.32. The van der Waals surface area contributed by atoms with Crippen molar-refractivity contribution >= 4 is 25.3 Å². The molecule has 0 nitrogen and oxygen atoms in total. The fraction of sp³-hybridized carbons (Fsp3) is 0.333. The Labute approximate surface area is 80.9 Å². The van der Waals surface area contributed by atoms with E-state index in [1.807, 2.05) is 13.0 Å². The van der Waals surface area contributed by atoms with Gasteiger partial charge in [0.2, 0.25) is 0 Å². The molecule has 0 aromatic carbocycles. The summed E-state index contributed by atoms with van der Waals surface area (Å²) in [6.07, 6.45) is 2.02. The zero-order valence-corrected chi connectivity index (χ0v) is 8.80. The van der Waals surface area contributed by atoms with Crippen LogP contribution in [0.3, 0.4) is 0 Å². The highest BCUT2D eigenvalue weighted by atomic mass is 32.1. The number of allylic oxidation sites excluding steroid dienone is 1. The van der Waals surface area contributed by atoms with Gasteiger partial charge in [0.1, 0.15) is 0 Å². The van der Waals surface area contributed by atoms with Crippen molar-refractivity contribution in [1.82, 2.24) is 0 Å². The largest absolute Gasteiger partial charge is 0.175 e. The van der Waals surface area contributed by atoms with Crippen molar-refractivity contribution in [2.24, 2.45) is 0 Å². The van der Waals surface area contributed by atoms with Crippen LogP contribution >= 0.6 is 25.3 Å². The minimum atomic E-state index is 0.722. The molecule has 0 aromatic heterocycles. The first-order valence-corrected chi connectivity index (χ1v) is 4.57. The van der Waals surface area contributed by atoms with E-state index in [0.717, 1.165) is 17.1 Å². The first-order valence-electron chi connectivity index (χ1n) is 3.31. The average Bonchev–Trinajstić information content (AvgIpc) is 2.10. The van der Waals surface area contributed by atoms with E-state index in [1.165, 1.54) is 5.57 Å². The highest BCUT2D eigenvalue weighted by Crippen LogP contribution is 2.09. The van der Waals surface area contributed by atoms with Gasteiger partial charge in [0.25, 0.3) is 0 Å². The first-order chi connectivity index (χ1) is 5.26. The molecule has 0 bridgehead atoms. The maximum Gasteiger partial charge on any atom is 0.0153 e. The van der Waals surface area contributed by atoms with Crippen LogP contribution in [0.5, 0.6) is 0 Å². The Bertz CT molecular complexity index is 136. The predicted molar refractivity (Wildman–Crippen MR) is 61.9 cm³/mol. The van der Waals surface area contributed by atoms with Crippen molar-refractivity contribution < 1.29 is 0 Å². The van der Waals surface area contributed by atoms with Crippen molar-refractivity contribution in [3.63, 3.8) is 0 Å². The van der Waals surface area contributed by atoms with Crippen LogP contribution in [-0.2, 0) is 0 Å². The summed E-state index contributed by atoms with van der Waals surface area (Å²) in [6, 6.07) is 0. The van der Waals surface area contributed by atoms with Gasteiger partial charge in [-0.2, -0.15) is 25.3 Å². The predicted octanol–water partition coefficient (Wildman–Crippen LogP) is 3.15. The minimum Gasteiger partial charge on any atom is -0.175 e. The molecule has 0 aliphatic rings. The topological polar surface area (TPSA) is 0 Å². The molecule has 0 N–H and O–H groups in total. The van der Waals surface area contributed by atoms with Crippen molar-refractivity contribution in [2.75, 3.05) is 11.5 Å². The van der Waals surface area contributed by atoms with Crippen LogP contribution in [0.2, 0.25) is 0 Å². The van der Waals surface area contributed by atoms with Gasteiger partial charge >= 0.3 is 0 Å². The van der Waals surface area contributed by atoms with Gasteiger partial charge in [-0.1, -0.05) is 12.7 Å². The first kappa shape index (κ1) is 13.5. The van der Waals surface area contributed by atoms with Gasteiger partial charge in [-0.05, 0) is 18.1 Å². The molecule has 0 aliphatic heterocycles. The van der Waals surface area contributed by atoms with E-state index >= 15 is 0 Å². The van der Waals surface area contributed by atoms with Gasteiger partial charge < -0.3 is 0 Å². The number of hydrogen-bond acceptors (Lipinski definition) is 2. The van der Waals surface area contributed by atoms with Crippen molar-refractivity contribution in [3.8, 4) is 0 Å². The second kappa shape index (κ2) is 9.92. The molecule has 0 heterocycles. The zero-order chi connectivity index (χ0) is 9.28. The highest BCUT2D eigenvalue weighted by Gasteiger charge is 1.94. The number of rotatable bonds is 3. The van der Waals surface area contributed by atoms with E-state index in [9.17, 15) is 0 Å². The molecule has 0 fully saturated rings. The van der Waals surface area contributed by atoms with E-state index in [1.54, 1.807) is 0 Å². The van der Waals surface area contributed by atoms with Crippen LogP contribution in [0.25, 0.3) is 0 Å². The van der Waals surface area contributed by atoms with E-state index in [2.05, 4.69) is 45.0 Å². The molecule has 0 saturated carbocycles. The molecule has 2 heteroatoms. The Morgan fingerprint density at radius 1 is 1.27 bits per heavy atom. The van der Waals surface area contributed by atoms with E-state index in [-0.39, 0.29) is 0 Å². The van der Waals surface area contributed by atoms with E-state index < -0.39 is 0 Å². The second-order valence-corrected chi connectivity index (χ2v) is 2.37.